The second-order valence-electron chi connectivity index (χ2n) is 5.59. The Morgan fingerprint density at radius 2 is 2.10 bits per heavy atom. The fraction of sp³-hybridized carbons (Fsp3) is 0.600. The van der Waals surface area contributed by atoms with E-state index in [1.165, 1.54) is 10.7 Å². The Balaban J connectivity index is 2.28. The average Bonchev–Trinajstić information content (AvgIpc) is 2.42. The van der Waals surface area contributed by atoms with Gasteiger partial charge in [-0.3, -0.25) is 0 Å². The Bertz CT molecular complexity index is 583. The van der Waals surface area contributed by atoms with E-state index in [1.54, 1.807) is 32.4 Å². The van der Waals surface area contributed by atoms with Gasteiger partial charge >= 0.3 is 0 Å². The molecule has 1 aromatic carbocycles. The Morgan fingerprint density at radius 3 is 2.62 bits per heavy atom. The van der Waals surface area contributed by atoms with Gasteiger partial charge in [-0.15, -0.1) is 0 Å². The maximum absolute atomic E-state index is 12.7. The van der Waals surface area contributed by atoms with Crippen molar-refractivity contribution in [2.24, 2.45) is 11.7 Å². The van der Waals surface area contributed by atoms with E-state index >= 15 is 0 Å². The molecule has 5 nitrogen and oxygen atoms in total. The zero-order valence-electron chi connectivity index (χ0n) is 12.7. The van der Waals surface area contributed by atoms with Crippen molar-refractivity contribution in [2.75, 3.05) is 27.2 Å². The lowest BCUT2D eigenvalue weighted by Gasteiger charge is -2.30. The van der Waals surface area contributed by atoms with Crippen LogP contribution in [0.1, 0.15) is 24.8 Å². The number of benzene rings is 1. The van der Waals surface area contributed by atoms with Crippen molar-refractivity contribution in [1.29, 1.82) is 0 Å². The zero-order valence-corrected chi connectivity index (χ0v) is 13.5. The molecule has 0 spiro atoms. The third-order valence-corrected chi connectivity index (χ3v) is 6.03. The van der Waals surface area contributed by atoms with E-state index in [2.05, 4.69) is 0 Å². The predicted molar refractivity (Wildman–Crippen MR) is 82.9 cm³/mol. The van der Waals surface area contributed by atoms with Gasteiger partial charge in [-0.25, -0.2) is 12.7 Å². The van der Waals surface area contributed by atoms with Crippen molar-refractivity contribution in [3.63, 3.8) is 0 Å². The van der Waals surface area contributed by atoms with Gasteiger partial charge in [0, 0.05) is 13.6 Å². The van der Waals surface area contributed by atoms with Gasteiger partial charge in [0.05, 0.1) is 12.0 Å². The average molecular weight is 312 g/mol. The van der Waals surface area contributed by atoms with E-state index in [4.69, 9.17) is 10.5 Å². The molecule has 0 radical (unpaired) electrons. The maximum atomic E-state index is 12.7. The Hall–Kier alpha value is -1.11. The van der Waals surface area contributed by atoms with Gasteiger partial charge in [-0.05, 0) is 55.5 Å². The molecule has 6 heteroatoms. The third-order valence-electron chi connectivity index (χ3n) is 4.11. The molecule has 2 rings (SSSR count). The normalized spacial score (nSPS) is 16.0. The molecule has 0 aliphatic heterocycles. The summed E-state index contributed by atoms with van der Waals surface area (Å²) < 4.78 is 32.1. The molecular weight excluding hydrogens is 288 g/mol. The molecule has 0 amide bonds. The number of ether oxygens (including phenoxy) is 1. The van der Waals surface area contributed by atoms with E-state index in [1.807, 2.05) is 0 Å². The standard InChI is InChI=1S/C15H24N2O3S/c1-17(11-12-4-3-5-12)21(18,19)15-7-6-14(20-2)10-13(15)8-9-16/h6-7,10,12H,3-5,8-9,11,16H2,1-2H3. The molecule has 0 unspecified atom stereocenters. The van der Waals surface area contributed by atoms with Gasteiger partial charge in [-0.1, -0.05) is 6.42 Å². The Kier molecular flexibility index (Phi) is 5.24. The topological polar surface area (TPSA) is 72.6 Å². The van der Waals surface area contributed by atoms with Crippen molar-refractivity contribution in [1.82, 2.24) is 4.31 Å². The van der Waals surface area contributed by atoms with Crippen LogP contribution in [0.2, 0.25) is 0 Å². The molecule has 118 valence electrons. The summed E-state index contributed by atoms with van der Waals surface area (Å²) in [6.45, 7) is 0.998. The predicted octanol–water partition coefficient (Wildman–Crippen LogP) is 1.62. The van der Waals surface area contributed by atoms with Crippen molar-refractivity contribution >= 4 is 10.0 Å². The highest BCUT2D eigenvalue weighted by Gasteiger charge is 2.28. The molecule has 1 aliphatic rings. The molecule has 0 heterocycles. The minimum Gasteiger partial charge on any atom is -0.497 e. The van der Waals surface area contributed by atoms with Crippen LogP contribution < -0.4 is 10.5 Å². The zero-order chi connectivity index (χ0) is 15.5. The summed E-state index contributed by atoms with van der Waals surface area (Å²) in [6, 6.07) is 5.07. The smallest absolute Gasteiger partial charge is 0.243 e. The van der Waals surface area contributed by atoms with Crippen LogP contribution in [0.15, 0.2) is 23.1 Å². The Morgan fingerprint density at radius 1 is 1.38 bits per heavy atom. The molecule has 0 saturated heterocycles. The van der Waals surface area contributed by atoms with Crippen LogP contribution in [0.3, 0.4) is 0 Å². The first-order valence-electron chi connectivity index (χ1n) is 7.32. The highest BCUT2D eigenvalue weighted by molar-refractivity contribution is 7.89. The summed E-state index contributed by atoms with van der Waals surface area (Å²) >= 11 is 0. The maximum Gasteiger partial charge on any atom is 0.243 e. The lowest BCUT2D eigenvalue weighted by Crippen LogP contribution is -2.34. The van der Waals surface area contributed by atoms with E-state index in [0.717, 1.165) is 18.4 Å². The molecule has 1 aromatic rings. The molecule has 21 heavy (non-hydrogen) atoms. The summed E-state index contributed by atoms with van der Waals surface area (Å²) in [5, 5.41) is 0. The van der Waals surface area contributed by atoms with E-state index in [9.17, 15) is 8.42 Å². The number of nitrogens with two attached hydrogens (primary N) is 1. The third kappa shape index (κ3) is 3.56. The van der Waals surface area contributed by atoms with Crippen molar-refractivity contribution in [3.8, 4) is 5.75 Å². The first-order chi connectivity index (χ1) is 9.98. The molecular formula is C15H24N2O3S. The number of methoxy groups -OCH3 is 1. The minimum absolute atomic E-state index is 0.343. The van der Waals surface area contributed by atoms with Gasteiger partial charge in [0.1, 0.15) is 5.75 Å². The largest absolute Gasteiger partial charge is 0.497 e. The van der Waals surface area contributed by atoms with Crippen LogP contribution in [0.5, 0.6) is 5.75 Å². The van der Waals surface area contributed by atoms with Crippen LogP contribution in [-0.4, -0.2) is 40.0 Å². The number of nitrogens with zero attached hydrogens (tertiary/aromatic N) is 1. The van der Waals surface area contributed by atoms with Crippen LogP contribution >= 0.6 is 0 Å². The fourth-order valence-corrected chi connectivity index (χ4v) is 4.07. The Labute approximate surface area is 127 Å². The highest BCUT2D eigenvalue weighted by Crippen LogP contribution is 2.30. The number of hydrogen-bond acceptors (Lipinski definition) is 4. The van der Waals surface area contributed by atoms with Crippen molar-refractivity contribution < 1.29 is 13.2 Å². The monoisotopic (exact) mass is 312 g/mol. The molecule has 1 fully saturated rings. The van der Waals surface area contributed by atoms with Crippen LogP contribution in [0, 0.1) is 5.92 Å². The second kappa shape index (κ2) is 6.77. The van der Waals surface area contributed by atoms with Crippen molar-refractivity contribution in [3.05, 3.63) is 23.8 Å². The molecule has 0 aromatic heterocycles. The van der Waals surface area contributed by atoms with Crippen LogP contribution in [-0.2, 0) is 16.4 Å². The van der Waals surface area contributed by atoms with Gasteiger partial charge < -0.3 is 10.5 Å². The van der Waals surface area contributed by atoms with Gasteiger partial charge in [0.2, 0.25) is 10.0 Å². The minimum atomic E-state index is -3.47. The fourth-order valence-electron chi connectivity index (χ4n) is 2.59. The first-order valence-corrected chi connectivity index (χ1v) is 8.76. The number of sulfonamides is 1. The second-order valence-corrected chi connectivity index (χ2v) is 7.61. The van der Waals surface area contributed by atoms with Gasteiger partial charge in [0.15, 0.2) is 0 Å². The van der Waals surface area contributed by atoms with E-state index < -0.39 is 10.0 Å². The number of hydrogen-bond donors (Lipinski definition) is 1. The SMILES string of the molecule is COc1ccc(S(=O)(=O)N(C)CC2CCC2)c(CCN)c1. The lowest BCUT2D eigenvalue weighted by molar-refractivity contribution is 0.263. The van der Waals surface area contributed by atoms with E-state index in [0.29, 0.717) is 36.1 Å². The molecule has 1 saturated carbocycles. The van der Waals surface area contributed by atoms with E-state index in [-0.39, 0.29) is 0 Å². The summed E-state index contributed by atoms with van der Waals surface area (Å²) in [5.41, 5.74) is 6.32. The highest BCUT2D eigenvalue weighted by atomic mass is 32.2. The molecule has 0 bridgehead atoms. The van der Waals surface area contributed by atoms with Gasteiger partial charge in [0.25, 0.3) is 0 Å². The quantitative estimate of drug-likeness (QED) is 0.830. The summed E-state index contributed by atoms with van der Waals surface area (Å²) in [7, 11) is -0.241. The van der Waals surface area contributed by atoms with Gasteiger partial charge in [-0.2, -0.15) is 0 Å². The van der Waals surface area contributed by atoms with Crippen LogP contribution in [0.25, 0.3) is 0 Å². The summed E-state index contributed by atoms with van der Waals surface area (Å²) in [4.78, 5) is 0.343. The summed E-state index contributed by atoms with van der Waals surface area (Å²) in [5.74, 6) is 1.15. The van der Waals surface area contributed by atoms with Crippen molar-refractivity contribution in [2.45, 2.75) is 30.6 Å². The number of rotatable bonds is 7. The molecule has 1 aliphatic carbocycles. The lowest BCUT2D eigenvalue weighted by atomic mass is 9.86. The first kappa shape index (κ1) is 16.3. The molecule has 0 atom stereocenters. The molecule has 2 N–H and O–H groups in total. The summed E-state index contributed by atoms with van der Waals surface area (Å²) in [6.07, 6.45) is 3.97. The van der Waals surface area contributed by atoms with Crippen LogP contribution in [0.4, 0.5) is 0 Å².